The summed E-state index contributed by atoms with van der Waals surface area (Å²) in [5.74, 6) is -1.05. The average Bonchev–Trinajstić information content (AvgIpc) is 2.97. The molecular formula is C17H25N3O5. The van der Waals surface area contributed by atoms with Gasteiger partial charge in [-0.1, -0.05) is 6.92 Å². The summed E-state index contributed by atoms with van der Waals surface area (Å²) in [7, 11) is 1.30. The van der Waals surface area contributed by atoms with Gasteiger partial charge in [-0.3, -0.25) is 9.59 Å². The zero-order valence-corrected chi connectivity index (χ0v) is 15.1. The molecule has 1 fully saturated rings. The first kappa shape index (κ1) is 19.0. The van der Waals surface area contributed by atoms with Gasteiger partial charge in [-0.25, -0.2) is 4.79 Å². The second-order valence-electron chi connectivity index (χ2n) is 5.96. The quantitative estimate of drug-likeness (QED) is 0.759. The summed E-state index contributed by atoms with van der Waals surface area (Å²) < 4.78 is 10.0. The lowest BCUT2D eigenvalue weighted by atomic mass is 10.1. The predicted octanol–water partition coefficient (Wildman–Crippen LogP) is 0.649. The molecule has 8 nitrogen and oxygen atoms in total. The third-order valence-corrected chi connectivity index (χ3v) is 4.34. The molecule has 138 valence electrons. The van der Waals surface area contributed by atoms with Crippen LogP contribution in [0.3, 0.4) is 0 Å². The van der Waals surface area contributed by atoms with Crippen LogP contribution in [-0.2, 0) is 20.7 Å². The van der Waals surface area contributed by atoms with Crippen LogP contribution >= 0.6 is 0 Å². The molecule has 1 aliphatic rings. The number of nitrogens with one attached hydrogen (secondary N) is 2. The first-order chi connectivity index (χ1) is 11.9. The van der Waals surface area contributed by atoms with E-state index in [1.165, 1.54) is 7.11 Å². The zero-order valence-electron chi connectivity index (χ0n) is 15.1. The first-order valence-electron chi connectivity index (χ1n) is 8.37. The average molecular weight is 351 g/mol. The minimum Gasteiger partial charge on any atom is -0.465 e. The molecule has 2 rings (SSSR count). The highest BCUT2D eigenvalue weighted by molar-refractivity contribution is 6.02. The van der Waals surface area contributed by atoms with Gasteiger partial charge in [-0.2, -0.15) is 0 Å². The van der Waals surface area contributed by atoms with Crippen LogP contribution in [0.4, 0.5) is 0 Å². The van der Waals surface area contributed by atoms with Gasteiger partial charge in [0.25, 0.3) is 5.91 Å². The zero-order chi connectivity index (χ0) is 18.6. The lowest BCUT2D eigenvalue weighted by Gasteiger charge is -2.29. The monoisotopic (exact) mass is 351 g/mol. The Hall–Kier alpha value is -2.35. The van der Waals surface area contributed by atoms with Gasteiger partial charge in [0.15, 0.2) is 0 Å². The van der Waals surface area contributed by atoms with Crippen molar-refractivity contribution in [3.63, 3.8) is 0 Å². The number of aromatic nitrogens is 1. The fourth-order valence-corrected chi connectivity index (χ4v) is 2.92. The minimum atomic E-state index is -0.667. The number of methoxy groups -OCH3 is 1. The van der Waals surface area contributed by atoms with Crippen molar-refractivity contribution in [2.45, 2.75) is 33.2 Å². The Morgan fingerprint density at radius 3 is 2.52 bits per heavy atom. The number of morpholine rings is 1. The largest absolute Gasteiger partial charge is 0.465 e. The lowest BCUT2D eigenvalue weighted by Crippen LogP contribution is -2.50. The highest BCUT2D eigenvalue weighted by Gasteiger charge is 2.27. The second kappa shape index (κ2) is 8.15. The summed E-state index contributed by atoms with van der Waals surface area (Å²) in [6.07, 6.45) is 0.556. The predicted molar refractivity (Wildman–Crippen MR) is 90.6 cm³/mol. The minimum absolute atomic E-state index is 0.148. The summed E-state index contributed by atoms with van der Waals surface area (Å²) in [5, 5.41) is 2.70. The Balaban J connectivity index is 2.13. The van der Waals surface area contributed by atoms with Crippen LogP contribution in [0, 0.1) is 6.92 Å². The maximum absolute atomic E-state index is 12.6. The van der Waals surface area contributed by atoms with Gasteiger partial charge >= 0.3 is 5.97 Å². The third kappa shape index (κ3) is 4.01. The number of carbonyl (C=O) groups excluding carboxylic acids is 3. The van der Waals surface area contributed by atoms with E-state index in [9.17, 15) is 14.4 Å². The molecule has 25 heavy (non-hydrogen) atoms. The van der Waals surface area contributed by atoms with Crippen LogP contribution in [-0.4, -0.2) is 67.1 Å². The highest BCUT2D eigenvalue weighted by Crippen LogP contribution is 2.20. The third-order valence-electron chi connectivity index (χ3n) is 4.34. The van der Waals surface area contributed by atoms with Crippen LogP contribution in [0.5, 0.6) is 0 Å². The molecule has 0 aliphatic carbocycles. The smallest absolute Gasteiger partial charge is 0.339 e. The van der Waals surface area contributed by atoms with E-state index < -0.39 is 17.9 Å². The molecule has 1 aliphatic heterocycles. The molecule has 0 radical (unpaired) electrons. The van der Waals surface area contributed by atoms with E-state index in [1.807, 2.05) is 6.92 Å². The fraction of sp³-hybridized carbons (Fsp3) is 0.588. The number of aryl methyl sites for hydroxylation is 1. The molecule has 8 heteroatoms. The van der Waals surface area contributed by atoms with Crippen molar-refractivity contribution < 1.29 is 23.9 Å². The number of rotatable bonds is 5. The van der Waals surface area contributed by atoms with Gasteiger partial charge in [0.2, 0.25) is 5.91 Å². The van der Waals surface area contributed by atoms with E-state index in [0.717, 1.165) is 0 Å². The van der Waals surface area contributed by atoms with Crippen molar-refractivity contribution in [2.24, 2.45) is 0 Å². The molecule has 2 amide bonds. The van der Waals surface area contributed by atoms with Crippen molar-refractivity contribution >= 4 is 17.8 Å². The van der Waals surface area contributed by atoms with Crippen molar-refractivity contribution in [1.29, 1.82) is 0 Å². The first-order valence-corrected chi connectivity index (χ1v) is 8.37. The molecule has 2 heterocycles. The van der Waals surface area contributed by atoms with E-state index in [0.29, 0.717) is 49.5 Å². The van der Waals surface area contributed by atoms with Crippen molar-refractivity contribution in [1.82, 2.24) is 15.2 Å². The molecular weight excluding hydrogens is 326 g/mol. The van der Waals surface area contributed by atoms with Crippen LogP contribution in [0.15, 0.2) is 0 Å². The molecule has 0 saturated carbocycles. The van der Waals surface area contributed by atoms with E-state index in [-0.39, 0.29) is 11.6 Å². The van der Waals surface area contributed by atoms with Gasteiger partial charge < -0.3 is 24.7 Å². The number of carbonyl (C=O) groups is 3. The lowest BCUT2D eigenvalue weighted by molar-refractivity contribution is -0.136. The fourth-order valence-electron chi connectivity index (χ4n) is 2.92. The molecule has 1 aromatic rings. The Bertz CT molecular complexity index is 661. The summed E-state index contributed by atoms with van der Waals surface area (Å²) in [5.41, 5.74) is 1.81. The molecule has 0 spiro atoms. The number of ether oxygens (including phenoxy) is 2. The van der Waals surface area contributed by atoms with Crippen LogP contribution in [0.1, 0.15) is 46.0 Å². The summed E-state index contributed by atoms with van der Waals surface area (Å²) in [4.78, 5) is 41.6. The van der Waals surface area contributed by atoms with Crippen LogP contribution in [0.25, 0.3) is 0 Å². The SMILES string of the molecule is CCc1[nH]c(C(=O)N[C@H](C)C(=O)N2CCOCC2)c(C)c1C(=O)OC. The summed E-state index contributed by atoms with van der Waals surface area (Å²) >= 11 is 0. The number of amides is 2. The molecule has 1 atom stereocenters. The Kier molecular flexibility index (Phi) is 6.19. The Morgan fingerprint density at radius 2 is 1.96 bits per heavy atom. The van der Waals surface area contributed by atoms with Crippen molar-refractivity contribution in [3.05, 3.63) is 22.5 Å². The molecule has 1 aromatic heterocycles. The number of esters is 1. The molecule has 2 N–H and O–H groups in total. The molecule has 1 saturated heterocycles. The summed E-state index contributed by atoms with van der Waals surface area (Å²) in [6.45, 7) is 7.26. The standard InChI is InChI=1S/C17H25N3O5/c1-5-12-13(17(23)24-4)10(2)14(19-12)15(21)18-11(3)16(22)20-6-8-25-9-7-20/h11,19H,5-9H2,1-4H3,(H,18,21)/t11-/m1/s1. The van der Waals surface area contributed by atoms with Gasteiger partial charge in [0, 0.05) is 18.8 Å². The van der Waals surface area contributed by atoms with Crippen molar-refractivity contribution in [3.8, 4) is 0 Å². The number of aromatic amines is 1. The highest BCUT2D eigenvalue weighted by atomic mass is 16.5. The van der Waals surface area contributed by atoms with Gasteiger partial charge in [0.1, 0.15) is 11.7 Å². The van der Waals surface area contributed by atoms with Crippen LogP contribution in [0.2, 0.25) is 0 Å². The number of hydrogen-bond donors (Lipinski definition) is 2. The normalized spacial score (nSPS) is 15.6. The van der Waals surface area contributed by atoms with Gasteiger partial charge in [-0.15, -0.1) is 0 Å². The number of H-pyrrole nitrogens is 1. The van der Waals surface area contributed by atoms with Crippen LogP contribution < -0.4 is 5.32 Å². The number of nitrogens with zero attached hydrogens (tertiary/aromatic N) is 1. The maximum Gasteiger partial charge on any atom is 0.339 e. The van der Waals surface area contributed by atoms with E-state index in [2.05, 4.69) is 10.3 Å². The van der Waals surface area contributed by atoms with E-state index in [4.69, 9.17) is 9.47 Å². The Labute approximate surface area is 146 Å². The number of hydrogen-bond acceptors (Lipinski definition) is 5. The maximum atomic E-state index is 12.6. The Morgan fingerprint density at radius 1 is 1.32 bits per heavy atom. The van der Waals surface area contributed by atoms with E-state index >= 15 is 0 Å². The van der Waals surface area contributed by atoms with Gasteiger partial charge in [0.05, 0.1) is 25.9 Å². The van der Waals surface area contributed by atoms with E-state index in [1.54, 1.807) is 18.7 Å². The molecule has 0 aromatic carbocycles. The topological polar surface area (TPSA) is 101 Å². The second-order valence-corrected chi connectivity index (χ2v) is 5.96. The summed E-state index contributed by atoms with van der Waals surface area (Å²) in [6, 6.07) is -0.667. The van der Waals surface area contributed by atoms with Crippen molar-refractivity contribution in [2.75, 3.05) is 33.4 Å². The molecule has 0 unspecified atom stereocenters. The van der Waals surface area contributed by atoms with Gasteiger partial charge in [-0.05, 0) is 25.8 Å². The molecule has 0 bridgehead atoms.